The maximum atomic E-state index is 10.3. The highest BCUT2D eigenvalue weighted by Gasteiger charge is 2.31. The second kappa shape index (κ2) is 4.15. The van der Waals surface area contributed by atoms with Crippen LogP contribution in [0.5, 0.6) is 0 Å². The summed E-state index contributed by atoms with van der Waals surface area (Å²) in [5.74, 6) is 0. The smallest absolute Gasteiger partial charge is 0.133 e. The third-order valence-electron chi connectivity index (χ3n) is 1.55. The lowest BCUT2D eigenvalue weighted by Crippen LogP contribution is -2.26. The average molecular weight is 179 g/mol. The van der Waals surface area contributed by atoms with E-state index in [0.717, 1.165) is 6.42 Å². The van der Waals surface area contributed by atoms with Crippen LogP contribution in [0.25, 0.3) is 0 Å². The summed E-state index contributed by atoms with van der Waals surface area (Å²) in [5.41, 5.74) is -0.0670. The van der Waals surface area contributed by atoms with Crippen molar-refractivity contribution in [1.82, 2.24) is 0 Å². The van der Waals surface area contributed by atoms with Crippen molar-refractivity contribution in [2.45, 2.75) is 40.2 Å². The normalized spacial score (nSPS) is 16.3. The quantitative estimate of drug-likeness (QED) is 0.677. The van der Waals surface area contributed by atoms with E-state index in [-0.39, 0.29) is 11.5 Å². The number of hydrogen-bond donors (Lipinski definition) is 1. The van der Waals surface area contributed by atoms with Crippen LogP contribution in [0.3, 0.4) is 0 Å². The predicted octanol–water partition coefficient (Wildman–Crippen LogP) is 2.48. The monoisotopic (exact) mass is 179 g/mol. The van der Waals surface area contributed by atoms with Crippen molar-refractivity contribution in [3.63, 3.8) is 0 Å². The highest BCUT2D eigenvalue weighted by Crippen LogP contribution is 2.31. The Balaban J connectivity index is 4.07. The molecule has 0 fully saturated rings. The van der Waals surface area contributed by atoms with Gasteiger partial charge in [0.1, 0.15) is 6.10 Å². The molecule has 0 aromatic heterocycles. The molecule has 0 aliphatic rings. The summed E-state index contributed by atoms with van der Waals surface area (Å²) in [4.78, 5) is 8.50. The summed E-state index contributed by atoms with van der Waals surface area (Å²) in [6, 6.07) is 0. The van der Waals surface area contributed by atoms with E-state index in [1.807, 2.05) is 27.7 Å². The van der Waals surface area contributed by atoms with E-state index in [1.54, 1.807) is 0 Å². The number of hydrogen-bond acceptors (Lipinski definition) is 2. The molecule has 0 rings (SSSR count). The van der Waals surface area contributed by atoms with Gasteiger partial charge < -0.3 is 0 Å². The zero-order valence-electron chi connectivity index (χ0n) is 7.50. The Bertz CT molecular complexity index is 139. The molecule has 2 unspecified atom stereocenters. The Labute approximate surface area is 68.7 Å². The second-order valence-electron chi connectivity index (χ2n) is 3.61. The van der Waals surface area contributed by atoms with Gasteiger partial charge in [-0.15, -0.1) is 9.42 Å². The Hall–Kier alpha value is 0.0200. The van der Waals surface area contributed by atoms with E-state index in [4.69, 9.17) is 9.42 Å². The Morgan fingerprint density at radius 2 is 2.00 bits per heavy atom. The van der Waals surface area contributed by atoms with E-state index in [0.29, 0.717) is 0 Å². The fraction of sp³-hybridized carbons (Fsp3) is 1.00. The van der Waals surface area contributed by atoms with Crippen LogP contribution in [0.2, 0.25) is 0 Å². The maximum Gasteiger partial charge on any atom is 0.695 e. The molecule has 4 heteroatoms. The fourth-order valence-electron chi connectivity index (χ4n) is 0.954. The molecular weight excluding hydrogens is 163 g/mol. The van der Waals surface area contributed by atoms with Crippen LogP contribution >= 0.6 is 8.25 Å². The van der Waals surface area contributed by atoms with E-state index in [1.165, 1.54) is 0 Å². The molecule has 66 valence electrons. The number of rotatable bonds is 3. The summed E-state index contributed by atoms with van der Waals surface area (Å²) >= 11 is 0. The van der Waals surface area contributed by atoms with Gasteiger partial charge in [-0.2, -0.15) is 0 Å². The third kappa shape index (κ3) is 4.46. The van der Waals surface area contributed by atoms with Crippen molar-refractivity contribution in [3.8, 4) is 0 Å². The van der Waals surface area contributed by atoms with E-state index >= 15 is 0 Å². The van der Waals surface area contributed by atoms with Gasteiger partial charge in [0.05, 0.1) is 0 Å². The van der Waals surface area contributed by atoms with Crippen molar-refractivity contribution in [3.05, 3.63) is 0 Å². The Kier molecular flexibility index (Phi) is 4.16. The molecule has 0 aliphatic carbocycles. The first kappa shape index (κ1) is 11.0. The highest BCUT2D eigenvalue weighted by atomic mass is 31.1. The molecule has 0 amide bonds. The van der Waals surface area contributed by atoms with Crippen molar-refractivity contribution in [2.75, 3.05) is 0 Å². The van der Waals surface area contributed by atoms with Gasteiger partial charge in [-0.1, -0.05) is 27.7 Å². The van der Waals surface area contributed by atoms with Crippen molar-refractivity contribution in [1.29, 1.82) is 0 Å². The van der Waals surface area contributed by atoms with Crippen molar-refractivity contribution >= 4 is 8.25 Å². The maximum absolute atomic E-state index is 10.3. The zero-order chi connectivity index (χ0) is 9.07. The lowest BCUT2D eigenvalue weighted by Gasteiger charge is -2.23. The van der Waals surface area contributed by atoms with Crippen LogP contribution in [0, 0.1) is 5.41 Å². The lowest BCUT2D eigenvalue weighted by atomic mass is 9.88. The van der Waals surface area contributed by atoms with E-state index < -0.39 is 8.25 Å². The molecule has 0 spiro atoms. The largest absolute Gasteiger partial charge is 0.695 e. The lowest BCUT2D eigenvalue weighted by molar-refractivity contribution is 0.0793. The minimum Gasteiger partial charge on any atom is -0.133 e. The zero-order valence-corrected chi connectivity index (χ0v) is 8.39. The molecule has 11 heavy (non-hydrogen) atoms. The molecular formula is C7H16O3P+. The SMILES string of the molecule is CCC(O[P+](=O)O)C(C)(C)C. The topological polar surface area (TPSA) is 46.5 Å². The molecule has 0 saturated carbocycles. The van der Waals surface area contributed by atoms with Crippen molar-refractivity contribution < 1.29 is 14.0 Å². The van der Waals surface area contributed by atoms with Gasteiger partial charge in [0.15, 0.2) is 0 Å². The molecule has 0 bridgehead atoms. The molecule has 0 aliphatic heterocycles. The Morgan fingerprint density at radius 3 is 2.09 bits per heavy atom. The van der Waals surface area contributed by atoms with E-state index in [2.05, 4.69) is 0 Å². The fourth-order valence-corrected chi connectivity index (χ4v) is 1.64. The predicted molar refractivity (Wildman–Crippen MR) is 44.4 cm³/mol. The van der Waals surface area contributed by atoms with Gasteiger partial charge in [0, 0.05) is 4.57 Å². The van der Waals surface area contributed by atoms with Crippen LogP contribution in [0.15, 0.2) is 0 Å². The molecule has 1 N–H and O–H groups in total. The van der Waals surface area contributed by atoms with Crippen molar-refractivity contribution in [2.24, 2.45) is 5.41 Å². The first-order valence-corrected chi connectivity index (χ1v) is 4.84. The van der Waals surface area contributed by atoms with Gasteiger partial charge in [-0.3, -0.25) is 0 Å². The summed E-state index contributed by atoms with van der Waals surface area (Å²) in [6.07, 6.45) is 0.613. The van der Waals surface area contributed by atoms with Crippen LogP contribution in [0.1, 0.15) is 34.1 Å². The first-order valence-electron chi connectivity index (χ1n) is 3.70. The van der Waals surface area contributed by atoms with Gasteiger partial charge in [0.2, 0.25) is 0 Å². The second-order valence-corrected chi connectivity index (χ2v) is 4.29. The van der Waals surface area contributed by atoms with Gasteiger partial charge in [-0.05, 0) is 11.8 Å². The summed E-state index contributed by atoms with van der Waals surface area (Å²) in [7, 11) is -2.46. The highest BCUT2D eigenvalue weighted by molar-refractivity contribution is 7.32. The molecule has 3 nitrogen and oxygen atoms in total. The van der Waals surface area contributed by atoms with Crippen LogP contribution in [-0.2, 0) is 9.09 Å². The molecule has 2 atom stereocenters. The minimum atomic E-state index is -2.46. The third-order valence-corrected chi connectivity index (χ3v) is 1.99. The first-order chi connectivity index (χ1) is 4.88. The average Bonchev–Trinajstić information content (AvgIpc) is 1.79. The summed E-state index contributed by atoms with van der Waals surface area (Å²) in [6.45, 7) is 7.90. The van der Waals surface area contributed by atoms with Gasteiger partial charge in [0.25, 0.3) is 0 Å². The van der Waals surface area contributed by atoms with E-state index in [9.17, 15) is 4.57 Å². The minimum absolute atomic E-state index is 0.0670. The van der Waals surface area contributed by atoms with Crippen LogP contribution in [0.4, 0.5) is 0 Å². The summed E-state index contributed by atoms with van der Waals surface area (Å²) < 4.78 is 15.2. The van der Waals surface area contributed by atoms with Gasteiger partial charge in [-0.25, -0.2) is 0 Å². The molecule has 0 radical (unpaired) electrons. The molecule has 0 aromatic carbocycles. The van der Waals surface area contributed by atoms with Gasteiger partial charge >= 0.3 is 8.25 Å². The van der Waals surface area contributed by atoms with Crippen LogP contribution in [-0.4, -0.2) is 11.0 Å². The Morgan fingerprint density at radius 1 is 1.55 bits per heavy atom. The molecule has 0 aromatic rings. The standard InChI is InChI=1S/C7H15O3P/c1-5-6(7(2,3)4)10-11(8)9/h6H,5H2,1-4H3/p+1. The molecule has 0 heterocycles. The summed E-state index contributed by atoms with van der Waals surface area (Å²) in [5, 5.41) is 0. The molecule has 0 saturated heterocycles. The van der Waals surface area contributed by atoms with Crippen LogP contribution < -0.4 is 0 Å².